The summed E-state index contributed by atoms with van der Waals surface area (Å²) in [5, 5.41) is 0. The molecule has 2 aromatic rings. The van der Waals surface area contributed by atoms with E-state index in [1.807, 2.05) is 31.2 Å². The van der Waals surface area contributed by atoms with E-state index in [4.69, 9.17) is 9.47 Å². The Bertz CT molecular complexity index is 661. The summed E-state index contributed by atoms with van der Waals surface area (Å²) in [6, 6.07) is 9.40. The lowest BCUT2D eigenvalue weighted by molar-refractivity contribution is -0.136. The number of piperidine rings is 1. The van der Waals surface area contributed by atoms with Crippen molar-refractivity contribution in [3.63, 3.8) is 0 Å². The maximum atomic E-state index is 12.4. The SMILES string of the molecule is Cc1ccc(OCC(=O)N2CCCC(Oc3ccncn3)C2)cc1. The fourth-order valence-corrected chi connectivity index (χ4v) is 2.65. The van der Waals surface area contributed by atoms with Gasteiger partial charge in [-0.15, -0.1) is 0 Å². The number of likely N-dealkylation sites (tertiary alicyclic amines) is 1. The fraction of sp³-hybridized carbons (Fsp3) is 0.389. The second-order valence-corrected chi connectivity index (χ2v) is 5.87. The van der Waals surface area contributed by atoms with Crippen molar-refractivity contribution in [1.82, 2.24) is 14.9 Å². The predicted molar refractivity (Wildman–Crippen MR) is 88.9 cm³/mol. The van der Waals surface area contributed by atoms with Gasteiger partial charge in [-0.2, -0.15) is 0 Å². The van der Waals surface area contributed by atoms with Crippen molar-refractivity contribution in [1.29, 1.82) is 0 Å². The molecule has 0 aliphatic carbocycles. The van der Waals surface area contributed by atoms with Crippen molar-refractivity contribution >= 4 is 5.91 Å². The molecule has 1 unspecified atom stereocenters. The van der Waals surface area contributed by atoms with Crippen LogP contribution in [0.25, 0.3) is 0 Å². The number of hydrogen-bond donors (Lipinski definition) is 0. The van der Waals surface area contributed by atoms with E-state index in [2.05, 4.69) is 9.97 Å². The monoisotopic (exact) mass is 327 g/mol. The first-order chi connectivity index (χ1) is 11.7. The van der Waals surface area contributed by atoms with Gasteiger partial charge in [0.05, 0.1) is 6.54 Å². The molecule has 1 aliphatic rings. The lowest BCUT2D eigenvalue weighted by Crippen LogP contribution is -2.46. The van der Waals surface area contributed by atoms with Gasteiger partial charge in [0.1, 0.15) is 18.2 Å². The summed E-state index contributed by atoms with van der Waals surface area (Å²) in [4.78, 5) is 22.1. The molecule has 1 amide bonds. The van der Waals surface area contributed by atoms with Crippen LogP contribution in [0.2, 0.25) is 0 Å². The van der Waals surface area contributed by atoms with E-state index in [0.717, 1.165) is 24.9 Å². The summed E-state index contributed by atoms with van der Waals surface area (Å²) >= 11 is 0. The summed E-state index contributed by atoms with van der Waals surface area (Å²) in [5.41, 5.74) is 1.16. The van der Waals surface area contributed by atoms with Gasteiger partial charge in [0.15, 0.2) is 6.61 Å². The topological polar surface area (TPSA) is 64.5 Å². The van der Waals surface area contributed by atoms with Gasteiger partial charge >= 0.3 is 0 Å². The van der Waals surface area contributed by atoms with E-state index in [0.29, 0.717) is 18.2 Å². The van der Waals surface area contributed by atoms with Crippen molar-refractivity contribution in [2.45, 2.75) is 25.9 Å². The number of hydrogen-bond acceptors (Lipinski definition) is 5. The standard InChI is InChI=1S/C18H21N3O3/c1-14-4-6-15(7-5-14)23-12-18(22)21-10-2-3-16(11-21)24-17-8-9-19-13-20-17/h4-9,13,16H,2-3,10-12H2,1H3. The Morgan fingerprint density at radius 3 is 2.88 bits per heavy atom. The molecular formula is C18H21N3O3. The molecule has 1 aromatic carbocycles. The average Bonchev–Trinajstić information content (AvgIpc) is 2.62. The van der Waals surface area contributed by atoms with Gasteiger partial charge in [0, 0.05) is 18.8 Å². The number of aromatic nitrogens is 2. The van der Waals surface area contributed by atoms with E-state index in [1.54, 1.807) is 17.2 Å². The highest BCUT2D eigenvalue weighted by atomic mass is 16.5. The van der Waals surface area contributed by atoms with Crippen LogP contribution in [-0.4, -0.2) is 46.6 Å². The molecule has 24 heavy (non-hydrogen) atoms. The molecule has 126 valence electrons. The normalized spacial score (nSPS) is 17.4. The molecule has 0 N–H and O–H groups in total. The number of ether oxygens (including phenoxy) is 2. The number of benzene rings is 1. The van der Waals surface area contributed by atoms with Gasteiger partial charge in [0.2, 0.25) is 5.88 Å². The maximum absolute atomic E-state index is 12.4. The first-order valence-electron chi connectivity index (χ1n) is 8.10. The molecule has 0 radical (unpaired) electrons. The van der Waals surface area contributed by atoms with Gasteiger partial charge in [-0.05, 0) is 31.9 Å². The lowest BCUT2D eigenvalue weighted by Gasteiger charge is -2.32. The predicted octanol–water partition coefficient (Wildman–Crippen LogP) is 2.23. The van der Waals surface area contributed by atoms with Crippen LogP contribution in [0, 0.1) is 6.92 Å². The zero-order valence-electron chi connectivity index (χ0n) is 13.7. The molecule has 0 saturated carbocycles. The van der Waals surface area contributed by atoms with E-state index >= 15 is 0 Å². The number of aryl methyl sites for hydroxylation is 1. The molecule has 1 atom stereocenters. The summed E-state index contributed by atoms with van der Waals surface area (Å²) in [6.45, 7) is 3.35. The van der Waals surface area contributed by atoms with Gasteiger partial charge in [-0.3, -0.25) is 4.79 Å². The Kier molecular flexibility index (Phi) is 5.25. The third-order valence-corrected chi connectivity index (χ3v) is 3.96. The number of carbonyl (C=O) groups is 1. The van der Waals surface area contributed by atoms with E-state index in [1.165, 1.54) is 6.33 Å². The minimum atomic E-state index is -0.0445. The van der Waals surface area contributed by atoms with Crippen LogP contribution in [-0.2, 0) is 4.79 Å². The van der Waals surface area contributed by atoms with E-state index in [-0.39, 0.29) is 18.6 Å². The largest absolute Gasteiger partial charge is 0.484 e. The summed E-state index contributed by atoms with van der Waals surface area (Å²) < 4.78 is 11.4. The highest BCUT2D eigenvalue weighted by molar-refractivity contribution is 5.77. The highest BCUT2D eigenvalue weighted by Crippen LogP contribution is 2.17. The van der Waals surface area contributed by atoms with Gasteiger partial charge < -0.3 is 14.4 Å². The maximum Gasteiger partial charge on any atom is 0.260 e. The molecule has 1 saturated heterocycles. The van der Waals surface area contributed by atoms with Crippen LogP contribution < -0.4 is 9.47 Å². The number of nitrogens with zero attached hydrogens (tertiary/aromatic N) is 3. The molecular weight excluding hydrogens is 306 g/mol. The van der Waals surface area contributed by atoms with Crippen LogP contribution in [0.1, 0.15) is 18.4 Å². The molecule has 2 heterocycles. The second kappa shape index (κ2) is 7.77. The van der Waals surface area contributed by atoms with Gasteiger partial charge in [-0.1, -0.05) is 17.7 Å². The van der Waals surface area contributed by atoms with Crippen molar-refractivity contribution in [2.75, 3.05) is 19.7 Å². The minimum absolute atomic E-state index is 0.0217. The zero-order valence-corrected chi connectivity index (χ0v) is 13.7. The number of rotatable bonds is 5. The molecule has 0 spiro atoms. The quantitative estimate of drug-likeness (QED) is 0.842. The highest BCUT2D eigenvalue weighted by Gasteiger charge is 2.25. The minimum Gasteiger partial charge on any atom is -0.484 e. The lowest BCUT2D eigenvalue weighted by atomic mass is 10.1. The third kappa shape index (κ3) is 4.44. The van der Waals surface area contributed by atoms with Crippen LogP contribution in [0.4, 0.5) is 0 Å². The van der Waals surface area contributed by atoms with Crippen LogP contribution >= 0.6 is 0 Å². The van der Waals surface area contributed by atoms with Crippen molar-refractivity contribution < 1.29 is 14.3 Å². The van der Waals surface area contributed by atoms with Gasteiger partial charge in [0.25, 0.3) is 5.91 Å². The molecule has 1 aliphatic heterocycles. The Hall–Kier alpha value is -2.63. The average molecular weight is 327 g/mol. The molecule has 6 heteroatoms. The molecule has 1 fully saturated rings. The Morgan fingerprint density at radius 1 is 1.29 bits per heavy atom. The van der Waals surface area contributed by atoms with Crippen molar-refractivity contribution in [2.24, 2.45) is 0 Å². The van der Waals surface area contributed by atoms with Crippen molar-refractivity contribution in [3.05, 3.63) is 48.4 Å². The molecule has 0 bridgehead atoms. The van der Waals surface area contributed by atoms with Crippen LogP contribution in [0.3, 0.4) is 0 Å². The van der Waals surface area contributed by atoms with E-state index in [9.17, 15) is 4.79 Å². The first kappa shape index (κ1) is 16.2. The van der Waals surface area contributed by atoms with Crippen molar-refractivity contribution in [3.8, 4) is 11.6 Å². The Morgan fingerprint density at radius 2 is 2.12 bits per heavy atom. The molecule has 6 nitrogen and oxygen atoms in total. The Balaban J connectivity index is 1.50. The fourth-order valence-electron chi connectivity index (χ4n) is 2.65. The van der Waals surface area contributed by atoms with Gasteiger partial charge in [-0.25, -0.2) is 9.97 Å². The third-order valence-electron chi connectivity index (χ3n) is 3.96. The smallest absolute Gasteiger partial charge is 0.260 e. The molecule has 1 aromatic heterocycles. The summed E-state index contributed by atoms with van der Waals surface area (Å²) in [7, 11) is 0. The second-order valence-electron chi connectivity index (χ2n) is 5.87. The van der Waals surface area contributed by atoms with Crippen LogP contribution in [0.15, 0.2) is 42.9 Å². The first-order valence-corrected chi connectivity index (χ1v) is 8.10. The van der Waals surface area contributed by atoms with Crippen LogP contribution in [0.5, 0.6) is 11.6 Å². The molecule has 3 rings (SSSR count). The number of amides is 1. The summed E-state index contributed by atoms with van der Waals surface area (Å²) in [6.07, 6.45) is 4.87. The zero-order chi connectivity index (χ0) is 16.8. The number of carbonyl (C=O) groups excluding carboxylic acids is 1. The Labute approximate surface area is 141 Å². The van der Waals surface area contributed by atoms with E-state index < -0.39 is 0 Å². The summed E-state index contributed by atoms with van der Waals surface area (Å²) in [5.74, 6) is 1.23.